The van der Waals surface area contributed by atoms with E-state index in [1.807, 2.05) is 37.3 Å². The van der Waals surface area contributed by atoms with Gasteiger partial charge in [-0.15, -0.1) is 5.10 Å². The maximum Gasteiger partial charge on any atom is 0.347 e. The molecule has 0 radical (unpaired) electrons. The summed E-state index contributed by atoms with van der Waals surface area (Å²) in [7, 11) is 1.32. The van der Waals surface area contributed by atoms with Crippen LogP contribution in [0.2, 0.25) is 0 Å². The number of methoxy groups -OCH3 is 1. The van der Waals surface area contributed by atoms with E-state index in [2.05, 4.69) is 14.8 Å². The molecule has 1 aromatic carbocycles. The number of nitrogens with zero attached hydrogens (tertiary/aromatic N) is 3. The molecule has 2 rings (SSSR count). The van der Waals surface area contributed by atoms with Crippen LogP contribution in [-0.4, -0.2) is 33.9 Å². The second-order valence-corrected chi connectivity index (χ2v) is 3.85. The van der Waals surface area contributed by atoms with Gasteiger partial charge in [0.05, 0.1) is 12.8 Å². The number of carbonyl (C=O) groups is 1. The summed E-state index contributed by atoms with van der Waals surface area (Å²) in [6, 6.07) is 9.68. The summed E-state index contributed by atoms with van der Waals surface area (Å²) >= 11 is 0. The van der Waals surface area contributed by atoms with E-state index in [9.17, 15) is 4.79 Å². The molecule has 0 bridgehead atoms. The number of esters is 1. The largest absolute Gasteiger partial charge is 0.466 e. The zero-order valence-electron chi connectivity index (χ0n) is 10.8. The summed E-state index contributed by atoms with van der Waals surface area (Å²) in [6.45, 7) is 1.83. The van der Waals surface area contributed by atoms with Crippen LogP contribution >= 0.6 is 0 Å². The van der Waals surface area contributed by atoms with Gasteiger partial charge in [-0.05, 0) is 18.6 Å². The minimum absolute atomic E-state index is 0.154. The number of carbonyl (C=O) groups excluding carboxylic acids is 1. The molecule has 0 spiro atoms. The predicted octanol–water partition coefficient (Wildman–Crippen LogP) is 1.60. The lowest BCUT2D eigenvalue weighted by atomic mass is 10.3. The van der Waals surface area contributed by atoms with Crippen LogP contribution in [0.3, 0.4) is 0 Å². The fourth-order valence-corrected chi connectivity index (χ4v) is 1.56. The minimum atomic E-state index is -0.684. The van der Waals surface area contributed by atoms with E-state index in [1.165, 1.54) is 13.4 Å². The number of aromatic nitrogens is 3. The van der Waals surface area contributed by atoms with Crippen molar-refractivity contribution in [3.05, 3.63) is 36.7 Å². The van der Waals surface area contributed by atoms with Crippen molar-refractivity contribution in [1.29, 1.82) is 0 Å². The van der Waals surface area contributed by atoms with Crippen molar-refractivity contribution in [2.45, 2.75) is 19.4 Å². The molecule has 0 aliphatic heterocycles. The van der Waals surface area contributed by atoms with Gasteiger partial charge in [0, 0.05) is 0 Å². The van der Waals surface area contributed by atoms with E-state index in [1.54, 1.807) is 4.68 Å². The molecule has 1 aromatic heterocycles. The van der Waals surface area contributed by atoms with Gasteiger partial charge in [0.15, 0.2) is 6.10 Å². The zero-order valence-corrected chi connectivity index (χ0v) is 10.8. The van der Waals surface area contributed by atoms with Gasteiger partial charge < -0.3 is 9.47 Å². The monoisotopic (exact) mass is 261 g/mol. The van der Waals surface area contributed by atoms with Gasteiger partial charge in [0.25, 0.3) is 0 Å². The molecular weight excluding hydrogens is 246 g/mol. The van der Waals surface area contributed by atoms with Gasteiger partial charge in [-0.2, -0.15) is 4.98 Å². The van der Waals surface area contributed by atoms with E-state index in [0.717, 1.165) is 5.69 Å². The Morgan fingerprint density at radius 1 is 1.37 bits per heavy atom. The Kier molecular flexibility index (Phi) is 4.12. The van der Waals surface area contributed by atoms with Gasteiger partial charge in [-0.3, -0.25) is 0 Å². The highest BCUT2D eigenvalue weighted by molar-refractivity contribution is 5.74. The van der Waals surface area contributed by atoms with Crippen molar-refractivity contribution < 1.29 is 14.3 Å². The molecule has 0 saturated heterocycles. The summed E-state index contributed by atoms with van der Waals surface area (Å²) in [4.78, 5) is 15.4. The molecule has 0 N–H and O–H groups in total. The first-order valence-electron chi connectivity index (χ1n) is 5.96. The maximum absolute atomic E-state index is 11.4. The average Bonchev–Trinajstić information content (AvgIpc) is 2.93. The molecule has 100 valence electrons. The van der Waals surface area contributed by atoms with Crippen LogP contribution < -0.4 is 4.74 Å². The SMILES string of the molecule is CCC(Oc1ncn(-c2ccccc2)n1)C(=O)OC. The summed E-state index contributed by atoms with van der Waals surface area (Å²) in [5.74, 6) is -0.432. The van der Waals surface area contributed by atoms with Crippen molar-refractivity contribution in [2.75, 3.05) is 7.11 Å². The van der Waals surface area contributed by atoms with Gasteiger partial charge in [-0.1, -0.05) is 25.1 Å². The van der Waals surface area contributed by atoms with Crippen molar-refractivity contribution in [2.24, 2.45) is 0 Å². The predicted molar refractivity (Wildman–Crippen MR) is 68.1 cm³/mol. The number of ether oxygens (including phenoxy) is 2. The molecule has 19 heavy (non-hydrogen) atoms. The van der Waals surface area contributed by atoms with E-state index >= 15 is 0 Å². The van der Waals surface area contributed by atoms with Crippen LogP contribution in [0.25, 0.3) is 5.69 Å². The van der Waals surface area contributed by atoms with Crippen LogP contribution in [0.1, 0.15) is 13.3 Å². The fourth-order valence-electron chi connectivity index (χ4n) is 1.56. The molecule has 1 heterocycles. The first-order chi connectivity index (χ1) is 9.24. The lowest BCUT2D eigenvalue weighted by molar-refractivity contribution is -0.149. The molecule has 0 aliphatic rings. The van der Waals surface area contributed by atoms with Gasteiger partial charge in [0.1, 0.15) is 6.33 Å². The summed E-state index contributed by atoms with van der Waals surface area (Å²) in [5, 5.41) is 4.16. The van der Waals surface area contributed by atoms with Crippen molar-refractivity contribution in [3.63, 3.8) is 0 Å². The van der Waals surface area contributed by atoms with E-state index in [-0.39, 0.29) is 6.01 Å². The van der Waals surface area contributed by atoms with E-state index in [4.69, 9.17) is 4.74 Å². The first kappa shape index (κ1) is 13.1. The topological polar surface area (TPSA) is 66.2 Å². The molecule has 0 fully saturated rings. The fraction of sp³-hybridized carbons (Fsp3) is 0.308. The number of hydrogen-bond donors (Lipinski definition) is 0. The van der Waals surface area contributed by atoms with Crippen molar-refractivity contribution in [3.8, 4) is 11.7 Å². The Morgan fingerprint density at radius 2 is 2.11 bits per heavy atom. The number of benzene rings is 1. The third-order valence-corrected chi connectivity index (χ3v) is 2.57. The van der Waals surface area contributed by atoms with Gasteiger partial charge >= 0.3 is 12.0 Å². The van der Waals surface area contributed by atoms with Crippen LogP contribution in [-0.2, 0) is 9.53 Å². The molecule has 6 nitrogen and oxygen atoms in total. The molecule has 1 atom stereocenters. The lowest BCUT2D eigenvalue weighted by Crippen LogP contribution is -2.28. The van der Waals surface area contributed by atoms with Crippen molar-refractivity contribution >= 4 is 5.97 Å². The lowest BCUT2D eigenvalue weighted by Gasteiger charge is -2.11. The zero-order chi connectivity index (χ0) is 13.7. The highest BCUT2D eigenvalue weighted by Gasteiger charge is 2.20. The number of para-hydroxylation sites is 1. The number of rotatable bonds is 5. The Hall–Kier alpha value is -2.37. The highest BCUT2D eigenvalue weighted by atomic mass is 16.6. The van der Waals surface area contributed by atoms with Gasteiger partial charge in [0.2, 0.25) is 0 Å². The Morgan fingerprint density at radius 3 is 2.74 bits per heavy atom. The molecular formula is C13H15N3O3. The Labute approximate surface area is 111 Å². The molecule has 0 amide bonds. The highest BCUT2D eigenvalue weighted by Crippen LogP contribution is 2.11. The molecule has 0 aliphatic carbocycles. The summed E-state index contributed by atoms with van der Waals surface area (Å²) < 4.78 is 11.6. The summed E-state index contributed by atoms with van der Waals surface area (Å²) in [6.07, 6.45) is 1.35. The van der Waals surface area contributed by atoms with Gasteiger partial charge in [-0.25, -0.2) is 9.48 Å². The standard InChI is InChI=1S/C13H15N3O3/c1-3-11(12(17)18-2)19-13-14-9-16(15-13)10-7-5-4-6-8-10/h4-9,11H,3H2,1-2H3. The average molecular weight is 261 g/mol. The maximum atomic E-state index is 11.4. The third kappa shape index (κ3) is 3.09. The first-order valence-corrected chi connectivity index (χ1v) is 5.96. The van der Waals surface area contributed by atoms with Crippen LogP contribution in [0.4, 0.5) is 0 Å². The minimum Gasteiger partial charge on any atom is -0.466 e. The smallest absolute Gasteiger partial charge is 0.347 e. The van der Waals surface area contributed by atoms with E-state index < -0.39 is 12.1 Å². The Balaban J connectivity index is 2.11. The quantitative estimate of drug-likeness (QED) is 0.765. The summed E-state index contributed by atoms with van der Waals surface area (Å²) in [5.41, 5.74) is 0.871. The van der Waals surface area contributed by atoms with Crippen LogP contribution in [0, 0.1) is 0 Å². The van der Waals surface area contributed by atoms with Crippen LogP contribution in [0.5, 0.6) is 6.01 Å². The second-order valence-electron chi connectivity index (χ2n) is 3.85. The Bertz CT molecular complexity index is 539. The molecule has 6 heteroatoms. The third-order valence-electron chi connectivity index (χ3n) is 2.57. The molecule has 2 aromatic rings. The van der Waals surface area contributed by atoms with E-state index in [0.29, 0.717) is 6.42 Å². The molecule has 0 saturated carbocycles. The normalized spacial score (nSPS) is 11.9. The molecule has 1 unspecified atom stereocenters. The van der Waals surface area contributed by atoms with Crippen molar-refractivity contribution in [1.82, 2.24) is 14.8 Å². The number of hydrogen-bond acceptors (Lipinski definition) is 5. The van der Waals surface area contributed by atoms with Crippen LogP contribution in [0.15, 0.2) is 36.7 Å². The second kappa shape index (κ2) is 5.99.